The van der Waals surface area contributed by atoms with E-state index in [1.807, 2.05) is 30.3 Å². The average molecular weight is 480 g/mol. The first-order chi connectivity index (χ1) is 15.1. The molecule has 0 bridgehead atoms. The van der Waals surface area contributed by atoms with E-state index >= 15 is 0 Å². The quantitative estimate of drug-likeness (QED) is 0.382. The van der Waals surface area contributed by atoms with Crippen molar-refractivity contribution in [2.75, 3.05) is 6.61 Å². The zero-order valence-corrected chi connectivity index (χ0v) is 19.2. The maximum absolute atomic E-state index is 10.6. The van der Waals surface area contributed by atoms with Gasteiger partial charge in [-0.25, -0.2) is 0 Å². The van der Waals surface area contributed by atoms with E-state index in [1.54, 1.807) is 36.7 Å². The molecule has 0 radical (unpaired) electrons. The topological polar surface area (TPSA) is 115 Å². The number of rotatable bonds is 5. The lowest BCUT2D eigenvalue weighted by molar-refractivity contribution is -0.250. The SMILES string of the molecule is CC(C)(O)c1ccc(Sc2cn([C@@H]3O[C@H](CO)[C@@H](O)[C@H](O)[C@H]3O)c3cc(Cl)ccc23)cc1. The lowest BCUT2D eigenvalue weighted by atomic mass is 9.98. The molecular formula is C23H26ClNO6S. The number of halogens is 1. The first kappa shape index (κ1) is 23.5. The van der Waals surface area contributed by atoms with Crippen molar-refractivity contribution in [1.29, 1.82) is 0 Å². The third-order valence-corrected chi connectivity index (χ3v) is 6.98. The number of benzene rings is 2. The molecule has 7 nitrogen and oxygen atoms in total. The summed E-state index contributed by atoms with van der Waals surface area (Å²) in [7, 11) is 0. The van der Waals surface area contributed by atoms with Crippen molar-refractivity contribution in [3.8, 4) is 0 Å². The van der Waals surface area contributed by atoms with Gasteiger partial charge in [-0.1, -0.05) is 41.6 Å². The standard InChI is InChI=1S/C23H26ClNO6S/c1-23(2,30)12-3-6-14(7-4-12)32-18-10-25(16-9-13(24)5-8-15(16)18)22-21(29)20(28)19(27)17(11-26)31-22/h3-10,17,19-22,26-30H,11H2,1-2H3/t17-,19-,20+,21-,22-/m1/s1. The number of fused-ring (bicyclic) bond motifs is 1. The summed E-state index contributed by atoms with van der Waals surface area (Å²) in [5, 5.41) is 52.0. The Labute approximate surface area is 194 Å². The fourth-order valence-electron chi connectivity index (χ4n) is 3.85. The van der Waals surface area contributed by atoms with E-state index in [1.165, 1.54) is 11.8 Å². The van der Waals surface area contributed by atoms with Crippen LogP contribution in [-0.2, 0) is 10.3 Å². The highest BCUT2D eigenvalue weighted by molar-refractivity contribution is 7.99. The second kappa shape index (κ2) is 8.96. The predicted octanol–water partition coefficient (Wildman–Crippen LogP) is 2.65. The molecule has 0 unspecified atom stereocenters. The number of ether oxygens (including phenoxy) is 1. The van der Waals surface area contributed by atoms with Gasteiger partial charge >= 0.3 is 0 Å². The van der Waals surface area contributed by atoms with Gasteiger partial charge in [-0.05, 0) is 43.7 Å². The van der Waals surface area contributed by atoms with Crippen LogP contribution >= 0.6 is 23.4 Å². The van der Waals surface area contributed by atoms with Crippen LogP contribution in [0, 0.1) is 0 Å². The molecule has 0 aliphatic carbocycles. The Hall–Kier alpha value is -1.62. The maximum atomic E-state index is 10.6. The molecule has 0 saturated carbocycles. The van der Waals surface area contributed by atoms with Crippen LogP contribution in [0.3, 0.4) is 0 Å². The Balaban J connectivity index is 1.73. The Bertz CT molecular complexity index is 1090. The average Bonchev–Trinajstić information content (AvgIpc) is 3.09. The van der Waals surface area contributed by atoms with E-state index in [0.717, 1.165) is 20.7 Å². The Morgan fingerprint density at radius 3 is 2.34 bits per heavy atom. The van der Waals surface area contributed by atoms with E-state index in [2.05, 4.69) is 0 Å². The predicted molar refractivity (Wildman–Crippen MR) is 122 cm³/mol. The van der Waals surface area contributed by atoms with Crippen LogP contribution in [0.2, 0.25) is 5.02 Å². The Kier molecular flexibility index (Phi) is 6.59. The molecule has 5 N–H and O–H groups in total. The Morgan fingerprint density at radius 1 is 1.03 bits per heavy atom. The summed E-state index contributed by atoms with van der Waals surface area (Å²) < 4.78 is 7.42. The highest BCUT2D eigenvalue weighted by Crippen LogP contribution is 2.40. The summed E-state index contributed by atoms with van der Waals surface area (Å²) in [4.78, 5) is 1.81. The van der Waals surface area contributed by atoms with Crippen LogP contribution in [0.15, 0.2) is 58.5 Å². The van der Waals surface area contributed by atoms with Crippen molar-refractivity contribution >= 4 is 34.3 Å². The van der Waals surface area contributed by atoms with Crippen molar-refractivity contribution in [1.82, 2.24) is 4.57 Å². The first-order valence-corrected chi connectivity index (χ1v) is 11.4. The zero-order valence-electron chi connectivity index (χ0n) is 17.6. The van der Waals surface area contributed by atoms with Gasteiger partial charge in [0, 0.05) is 26.4 Å². The van der Waals surface area contributed by atoms with Gasteiger partial charge in [0.05, 0.1) is 17.7 Å². The summed E-state index contributed by atoms with van der Waals surface area (Å²) in [6, 6.07) is 13.0. The molecule has 1 aliphatic heterocycles. The van der Waals surface area contributed by atoms with Gasteiger partial charge in [0.1, 0.15) is 24.4 Å². The van der Waals surface area contributed by atoms with Gasteiger partial charge in [-0.3, -0.25) is 0 Å². The molecule has 5 atom stereocenters. The van der Waals surface area contributed by atoms with Crippen LogP contribution in [0.25, 0.3) is 10.9 Å². The summed E-state index contributed by atoms with van der Waals surface area (Å²) in [5.41, 5.74) is 0.550. The van der Waals surface area contributed by atoms with Crippen molar-refractivity contribution < 1.29 is 30.3 Å². The smallest absolute Gasteiger partial charge is 0.163 e. The molecular weight excluding hydrogens is 454 g/mol. The number of nitrogens with zero attached hydrogens (tertiary/aromatic N) is 1. The van der Waals surface area contributed by atoms with Crippen molar-refractivity contribution in [2.45, 2.75) is 59.9 Å². The van der Waals surface area contributed by atoms with Crippen LogP contribution in [0.1, 0.15) is 25.6 Å². The van der Waals surface area contributed by atoms with E-state index in [4.69, 9.17) is 16.3 Å². The van der Waals surface area contributed by atoms with Crippen molar-refractivity contribution in [3.05, 3.63) is 59.2 Å². The van der Waals surface area contributed by atoms with E-state index in [0.29, 0.717) is 10.5 Å². The lowest BCUT2D eigenvalue weighted by Crippen LogP contribution is -2.56. The van der Waals surface area contributed by atoms with E-state index in [9.17, 15) is 25.5 Å². The third kappa shape index (κ3) is 4.42. The summed E-state index contributed by atoms with van der Waals surface area (Å²) in [6.45, 7) is 2.95. The van der Waals surface area contributed by atoms with E-state index in [-0.39, 0.29) is 0 Å². The third-order valence-electron chi connectivity index (χ3n) is 5.69. The molecule has 172 valence electrons. The largest absolute Gasteiger partial charge is 0.394 e. The maximum Gasteiger partial charge on any atom is 0.163 e. The fraction of sp³-hybridized carbons (Fsp3) is 0.391. The van der Waals surface area contributed by atoms with Gasteiger partial charge < -0.3 is 34.8 Å². The molecule has 32 heavy (non-hydrogen) atoms. The monoisotopic (exact) mass is 479 g/mol. The summed E-state index contributed by atoms with van der Waals surface area (Å²) in [6.07, 6.45) is -4.57. The minimum absolute atomic E-state index is 0.493. The van der Waals surface area contributed by atoms with Crippen LogP contribution in [0.5, 0.6) is 0 Å². The van der Waals surface area contributed by atoms with Crippen molar-refractivity contribution in [3.63, 3.8) is 0 Å². The molecule has 2 aromatic carbocycles. The molecule has 1 fully saturated rings. The normalized spacial score (nSPS) is 26.6. The lowest BCUT2D eigenvalue weighted by Gasteiger charge is -2.40. The van der Waals surface area contributed by atoms with Crippen LogP contribution in [-0.4, -0.2) is 61.1 Å². The molecule has 4 rings (SSSR count). The summed E-state index contributed by atoms with van der Waals surface area (Å²) >= 11 is 7.72. The van der Waals surface area contributed by atoms with Gasteiger partial charge in [-0.15, -0.1) is 0 Å². The molecule has 9 heteroatoms. The number of hydrogen-bond donors (Lipinski definition) is 5. The molecule has 1 aromatic heterocycles. The molecule has 1 saturated heterocycles. The molecule has 1 aliphatic rings. The second-order valence-electron chi connectivity index (χ2n) is 8.47. The number of hydrogen-bond acceptors (Lipinski definition) is 7. The minimum atomic E-state index is -1.48. The first-order valence-electron chi connectivity index (χ1n) is 10.2. The van der Waals surface area contributed by atoms with Gasteiger partial charge in [0.15, 0.2) is 6.23 Å². The molecule has 3 aromatic rings. The van der Waals surface area contributed by atoms with E-state index < -0.39 is 42.9 Å². The zero-order chi connectivity index (χ0) is 23.2. The highest BCUT2D eigenvalue weighted by Gasteiger charge is 2.44. The molecule has 2 heterocycles. The fourth-order valence-corrected chi connectivity index (χ4v) is 4.99. The van der Waals surface area contributed by atoms with Crippen LogP contribution < -0.4 is 0 Å². The second-order valence-corrected chi connectivity index (χ2v) is 10.0. The minimum Gasteiger partial charge on any atom is -0.394 e. The number of aromatic nitrogens is 1. The molecule has 0 amide bonds. The van der Waals surface area contributed by atoms with Gasteiger partial charge in [0.2, 0.25) is 0 Å². The molecule has 0 spiro atoms. The summed E-state index contributed by atoms with van der Waals surface area (Å²) in [5.74, 6) is 0. The van der Waals surface area contributed by atoms with Gasteiger partial charge in [-0.2, -0.15) is 0 Å². The van der Waals surface area contributed by atoms with Crippen LogP contribution in [0.4, 0.5) is 0 Å². The van der Waals surface area contributed by atoms with Crippen molar-refractivity contribution in [2.24, 2.45) is 0 Å². The number of aliphatic hydroxyl groups is 5. The number of aliphatic hydroxyl groups excluding tert-OH is 4. The Morgan fingerprint density at radius 2 is 1.72 bits per heavy atom. The highest BCUT2D eigenvalue weighted by atomic mass is 35.5. The van der Waals surface area contributed by atoms with Gasteiger partial charge in [0.25, 0.3) is 0 Å².